The van der Waals surface area contributed by atoms with Crippen molar-refractivity contribution in [2.75, 3.05) is 0 Å². The summed E-state index contributed by atoms with van der Waals surface area (Å²) < 4.78 is 89.8. The van der Waals surface area contributed by atoms with Crippen molar-refractivity contribution in [3.63, 3.8) is 0 Å². The minimum Gasteiger partial charge on any atom is -0.309 e. The number of nitriles is 2. The summed E-state index contributed by atoms with van der Waals surface area (Å²) in [6.45, 7) is 1.98. The van der Waals surface area contributed by atoms with Crippen LogP contribution in [0.2, 0.25) is 0 Å². The number of halogens is 6. The van der Waals surface area contributed by atoms with Gasteiger partial charge in [0.15, 0.2) is 0 Å². The first-order valence-electron chi connectivity index (χ1n) is 17.8. The van der Waals surface area contributed by atoms with Crippen LogP contribution in [0.5, 0.6) is 0 Å². The molecule has 0 amide bonds. The Labute approximate surface area is 321 Å². The molecule has 0 aliphatic carbocycles. The first-order chi connectivity index (χ1) is 27.4. The van der Waals surface area contributed by atoms with E-state index in [1.165, 1.54) is 18.2 Å². The van der Waals surface area contributed by atoms with Crippen molar-refractivity contribution in [1.82, 2.24) is 9.13 Å². The van der Waals surface area contributed by atoms with Gasteiger partial charge in [-0.2, -0.15) is 36.9 Å². The molecule has 0 N–H and O–H groups in total. The molecule has 0 unspecified atom stereocenters. The van der Waals surface area contributed by atoms with E-state index in [2.05, 4.69) is 12.1 Å². The first kappa shape index (κ1) is 35.4. The number of aryl methyl sites for hydroxylation is 1. The number of rotatable bonds is 4. The maximum Gasteiger partial charge on any atom is 0.417 e. The third-order valence-corrected chi connectivity index (χ3v) is 10.5. The number of fused-ring (bicyclic) bond motifs is 6. The summed E-state index contributed by atoms with van der Waals surface area (Å²) in [5.74, 6) is 0. The van der Waals surface area contributed by atoms with Gasteiger partial charge >= 0.3 is 12.4 Å². The molecule has 9 aromatic rings. The fourth-order valence-electron chi connectivity index (χ4n) is 7.98. The number of hydrogen-bond donors (Lipinski definition) is 0. The highest BCUT2D eigenvalue weighted by atomic mass is 19.4. The Morgan fingerprint density at radius 3 is 1.56 bits per heavy atom. The number of para-hydroxylation sites is 2. The lowest BCUT2D eigenvalue weighted by Gasteiger charge is -2.21. The smallest absolute Gasteiger partial charge is 0.309 e. The normalized spacial score (nSPS) is 12.1. The van der Waals surface area contributed by atoms with Gasteiger partial charge in [-0.3, -0.25) is 0 Å². The van der Waals surface area contributed by atoms with E-state index in [0.717, 1.165) is 45.6 Å². The summed E-state index contributed by atoms with van der Waals surface area (Å²) >= 11 is 0. The van der Waals surface area contributed by atoms with Crippen molar-refractivity contribution in [3.8, 4) is 45.8 Å². The van der Waals surface area contributed by atoms with E-state index >= 15 is 0 Å². The fraction of sp³-hybridized carbons (Fsp3) is 0.0638. The van der Waals surface area contributed by atoms with Gasteiger partial charge in [-0.15, -0.1) is 0 Å². The predicted octanol–water partition coefficient (Wildman–Crippen LogP) is 13.3. The molecule has 0 aliphatic rings. The molecule has 0 aliphatic heterocycles. The summed E-state index contributed by atoms with van der Waals surface area (Å²) in [6, 6.07) is 42.0. The second-order valence-corrected chi connectivity index (χ2v) is 13.9. The van der Waals surface area contributed by atoms with E-state index < -0.39 is 23.5 Å². The van der Waals surface area contributed by atoms with Crippen molar-refractivity contribution in [2.45, 2.75) is 19.3 Å². The minimum atomic E-state index is -4.77. The Balaban J connectivity index is 1.41. The summed E-state index contributed by atoms with van der Waals surface area (Å²) in [5.41, 5.74) is 4.37. The molecule has 2 heterocycles. The monoisotopic (exact) mass is 760 g/mol. The molecular weight excluding hydrogens is 735 g/mol. The highest BCUT2D eigenvalue weighted by Crippen LogP contribution is 2.45. The SMILES string of the molecule is Cc1ccc2c(c1)c1ccccc1n2-c1cc(-c2ccc(C#N)cc2C(F)(F)F)ccc1-c1ccc(C#N)cc1-n1c2ccccc2c2cc(C(F)(F)F)ccc21. The Morgan fingerprint density at radius 2 is 0.965 bits per heavy atom. The van der Waals surface area contributed by atoms with Crippen LogP contribution in [0.1, 0.15) is 27.8 Å². The topological polar surface area (TPSA) is 57.4 Å². The fourth-order valence-corrected chi connectivity index (χ4v) is 7.98. The third kappa shape index (κ3) is 5.77. The van der Waals surface area contributed by atoms with Crippen LogP contribution in [0, 0.1) is 29.6 Å². The van der Waals surface area contributed by atoms with E-state index in [1.807, 2.05) is 52.5 Å². The number of benzene rings is 7. The van der Waals surface area contributed by atoms with Crippen molar-refractivity contribution in [3.05, 3.63) is 167 Å². The molecule has 4 nitrogen and oxygen atoms in total. The predicted molar refractivity (Wildman–Crippen MR) is 210 cm³/mol. The second kappa shape index (κ2) is 12.9. The molecular formula is C47H26F6N4. The van der Waals surface area contributed by atoms with Crippen LogP contribution in [-0.2, 0) is 12.4 Å². The number of hydrogen-bond acceptors (Lipinski definition) is 2. The molecule has 0 saturated carbocycles. The van der Waals surface area contributed by atoms with Crippen LogP contribution in [0.15, 0.2) is 140 Å². The minimum absolute atomic E-state index is 0.117. The van der Waals surface area contributed by atoms with Gasteiger partial charge in [0.1, 0.15) is 0 Å². The lowest BCUT2D eigenvalue weighted by Crippen LogP contribution is -2.08. The molecule has 0 spiro atoms. The van der Waals surface area contributed by atoms with Gasteiger partial charge in [0, 0.05) is 32.7 Å². The van der Waals surface area contributed by atoms with Crippen LogP contribution in [0.25, 0.3) is 77.2 Å². The zero-order chi connectivity index (χ0) is 39.8. The van der Waals surface area contributed by atoms with Crippen molar-refractivity contribution in [2.24, 2.45) is 0 Å². The van der Waals surface area contributed by atoms with Gasteiger partial charge in [0.2, 0.25) is 0 Å². The maximum absolute atomic E-state index is 14.6. The molecule has 2 aromatic heterocycles. The van der Waals surface area contributed by atoms with E-state index in [-0.39, 0.29) is 16.7 Å². The van der Waals surface area contributed by atoms with E-state index in [9.17, 15) is 36.9 Å². The summed E-state index contributed by atoms with van der Waals surface area (Å²) in [4.78, 5) is 0. The van der Waals surface area contributed by atoms with Crippen LogP contribution < -0.4 is 0 Å². The van der Waals surface area contributed by atoms with E-state index in [0.29, 0.717) is 49.9 Å². The molecule has 57 heavy (non-hydrogen) atoms. The average Bonchev–Trinajstić information content (AvgIpc) is 3.71. The Morgan fingerprint density at radius 1 is 0.456 bits per heavy atom. The zero-order valence-electron chi connectivity index (χ0n) is 29.8. The highest BCUT2D eigenvalue weighted by Gasteiger charge is 2.35. The van der Waals surface area contributed by atoms with Crippen molar-refractivity contribution >= 4 is 43.6 Å². The van der Waals surface area contributed by atoms with Crippen molar-refractivity contribution in [1.29, 1.82) is 10.5 Å². The number of aromatic nitrogens is 2. The van der Waals surface area contributed by atoms with E-state index in [1.54, 1.807) is 66.7 Å². The molecule has 7 aromatic carbocycles. The van der Waals surface area contributed by atoms with Gasteiger partial charge in [-0.25, -0.2) is 0 Å². The third-order valence-electron chi connectivity index (χ3n) is 10.5. The lowest BCUT2D eigenvalue weighted by molar-refractivity contribution is -0.138. The molecule has 0 bridgehead atoms. The van der Waals surface area contributed by atoms with Crippen LogP contribution in [0.4, 0.5) is 26.3 Å². The van der Waals surface area contributed by atoms with Crippen LogP contribution in [-0.4, -0.2) is 9.13 Å². The zero-order valence-corrected chi connectivity index (χ0v) is 29.8. The Bertz CT molecular complexity index is 3200. The molecule has 0 radical (unpaired) electrons. The lowest BCUT2D eigenvalue weighted by atomic mass is 9.93. The van der Waals surface area contributed by atoms with Gasteiger partial charge in [0.05, 0.1) is 67.8 Å². The molecule has 276 valence electrons. The molecule has 0 saturated heterocycles. The summed E-state index contributed by atoms with van der Waals surface area (Å²) in [6.07, 6.45) is -9.35. The number of alkyl halides is 6. The first-order valence-corrected chi connectivity index (χ1v) is 17.8. The maximum atomic E-state index is 14.6. The molecule has 0 atom stereocenters. The Kier molecular flexibility index (Phi) is 8.01. The van der Waals surface area contributed by atoms with Crippen LogP contribution >= 0.6 is 0 Å². The quantitative estimate of drug-likeness (QED) is 0.168. The summed E-state index contributed by atoms with van der Waals surface area (Å²) in [5, 5.41) is 22.4. The highest BCUT2D eigenvalue weighted by molar-refractivity contribution is 6.12. The second-order valence-electron chi connectivity index (χ2n) is 13.9. The molecule has 9 rings (SSSR count). The van der Waals surface area contributed by atoms with Gasteiger partial charge in [0.25, 0.3) is 0 Å². The number of nitrogens with zero attached hydrogens (tertiary/aromatic N) is 4. The molecule has 0 fully saturated rings. The Hall–Kier alpha value is -7.30. The van der Waals surface area contributed by atoms with Gasteiger partial charge in [-0.1, -0.05) is 72.3 Å². The van der Waals surface area contributed by atoms with Gasteiger partial charge in [-0.05, 0) is 90.8 Å². The van der Waals surface area contributed by atoms with E-state index in [4.69, 9.17) is 0 Å². The largest absolute Gasteiger partial charge is 0.417 e. The van der Waals surface area contributed by atoms with Crippen LogP contribution in [0.3, 0.4) is 0 Å². The van der Waals surface area contributed by atoms with Gasteiger partial charge < -0.3 is 9.13 Å². The van der Waals surface area contributed by atoms with Crippen molar-refractivity contribution < 1.29 is 26.3 Å². The molecule has 10 heteroatoms. The standard InChI is InChI=1S/C47H26F6N4/c1-27-10-18-42-37(20-27)33-6-2-4-8-40(33)57(42)45-23-30(32-15-11-28(25-54)21-39(32)47(51,52)53)13-17-36(45)35-16-12-29(26-55)22-44(35)56-41-9-5-3-7-34(41)38-24-31(46(48,49)50)14-19-43(38)56/h2-24H,1H3. The average molecular weight is 761 g/mol. The summed E-state index contributed by atoms with van der Waals surface area (Å²) in [7, 11) is 0.